The molecule has 10 nitrogen and oxygen atoms in total. The van der Waals surface area contributed by atoms with Gasteiger partial charge in [0.15, 0.2) is 0 Å². The molecule has 0 saturated heterocycles. The summed E-state index contributed by atoms with van der Waals surface area (Å²) >= 11 is 0. The molecule has 2 aromatic rings. The topological polar surface area (TPSA) is 134 Å². The first-order chi connectivity index (χ1) is 15.0. The van der Waals surface area contributed by atoms with Crippen molar-refractivity contribution in [2.45, 2.75) is 12.2 Å². The Bertz CT molecular complexity index is 902. The highest BCUT2D eigenvalue weighted by molar-refractivity contribution is 5.95. The van der Waals surface area contributed by atoms with Crippen molar-refractivity contribution in [2.75, 3.05) is 38.0 Å². The molecular weight excluding hydrogens is 420 g/mol. The van der Waals surface area contributed by atoms with Crippen molar-refractivity contribution in [3.8, 4) is 0 Å². The van der Waals surface area contributed by atoms with Gasteiger partial charge in [-0.25, -0.2) is 19.2 Å². The maximum absolute atomic E-state index is 12.4. The Hall–Kier alpha value is -4.08. The van der Waals surface area contributed by atoms with Gasteiger partial charge in [0.25, 0.3) is 0 Å². The summed E-state index contributed by atoms with van der Waals surface area (Å²) in [7, 11) is 7.20. The first kappa shape index (κ1) is 24.2. The van der Waals surface area contributed by atoms with E-state index in [1.54, 1.807) is 62.3 Å². The van der Waals surface area contributed by atoms with E-state index in [0.29, 0.717) is 0 Å². The second-order valence-electron chi connectivity index (χ2n) is 7.21. The molecule has 10 heteroatoms. The summed E-state index contributed by atoms with van der Waals surface area (Å²) in [6, 6.07) is 12.1. The number of carbonyl (C=O) groups is 4. The SMILES string of the molecule is CN(C)c1ccc(C(=O)O[C@@H](C(=O)O)[C@@H](OC(=O)c2ccc(N(C)C)cc2)C(=O)O)cc1. The number of carboxylic acids is 2. The molecule has 0 aliphatic carbocycles. The van der Waals surface area contributed by atoms with Gasteiger partial charge in [-0.2, -0.15) is 0 Å². The number of benzene rings is 2. The van der Waals surface area contributed by atoms with Crippen LogP contribution in [0.3, 0.4) is 0 Å². The van der Waals surface area contributed by atoms with Crippen LogP contribution in [-0.4, -0.2) is 74.5 Å². The minimum absolute atomic E-state index is 0.0107. The molecule has 0 unspecified atom stereocenters. The van der Waals surface area contributed by atoms with Gasteiger partial charge in [-0.1, -0.05) is 0 Å². The van der Waals surface area contributed by atoms with E-state index in [0.717, 1.165) is 11.4 Å². The van der Waals surface area contributed by atoms with Gasteiger partial charge >= 0.3 is 23.9 Å². The fourth-order valence-electron chi connectivity index (χ4n) is 2.64. The maximum Gasteiger partial charge on any atom is 0.349 e. The van der Waals surface area contributed by atoms with E-state index in [1.807, 2.05) is 0 Å². The molecule has 0 radical (unpaired) electrons. The molecule has 0 amide bonds. The molecule has 0 fully saturated rings. The third-order valence-corrected chi connectivity index (χ3v) is 4.47. The van der Waals surface area contributed by atoms with Crippen LogP contribution in [0.2, 0.25) is 0 Å². The summed E-state index contributed by atoms with van der Waals surface area (Å²) in [5.74, 6) is -5.68. The van der Waals surface area contributed by atoms with Crippen LogP contribution in [0.4, 0.5) is 11.4 Å². The van der Waals surface area contributed by atoms with Crippen LogP contribution >= 0.6 is 0 Å². The van der Waals surface area contributed by atoms with Crippen molar-refractivity contribution < 1.29 is 38.9 Å². The van der Waals surface area contributed by atoms with Gasteiger partial charge in [-0.3, -0.25) is 0 Å². The third kappa shape index (κ3) is 5.97. The molecule has 2 N–H and O–H groups in total. The van der Waals surface area contributed by atoms with Gasteiger partial charge in [0, 0.05) is 39.6 Å². The molecule has 170 valence electrons. The second-order valence-corrected chi connectivity index (χ2v) is 7.21. The number of carbonyl (C=O) groups excluding carboxylic acids is 2. The van der Waals surface area contributed by atoms with E-state index in [1.165, 1.54) is 24.3 Å². The highest BCUT2D eigenvalue weighted by Gasteiger charge is 2.41. The predicted molar refractivity (Wildman–Crippen MR) is 115 cm³/mol. The summed E-state index contributed by atoms with van der Waals surface area (Å²) < 4.78 is 9.78. The summed E-state index contributed by atoms with van der Waals surface area (Å²) in [5.41, 5.74) is 1.59. The van der Waals surface area contributed by atoms with Gasteiger partial charge in [0.1, 0.15) is 0 Å². The minimum Gasteiger partial charge on any atom is -0.478 e. The largest absolute Gasteiger partial charge is 0.478 e. The summed E-state index contributed by atoms with van der Waals surface area (Å²) in [6.45, 7) is 0. The maximum atomic E-state index is 12.4. The average molecular weight is 444 g/mol. The zero-order chi connectivity index (χ0) is 24.0. The zero-order valence-corrected chi connectivity index (χ0v) is 18.0. The summed E-state index contributed by atoms with van der Waals surface area (Å²) in [6.07, 6.45) is -4.50. The van der Waals surface area contributed by atoms with Crippen LogP contribution in [0, 0.1) is 0 Å². The van der Waals surface area contributed by atoms with Crippen LogP contribution < -0.4 is 9.80 Å². The van der Waals surface area contributed by atoms with Crippen molar-refractivity contribution in [3.05, 3.63) is 59.7 Å². The van der Waals surface area contributed by atoms with Crippen LogP contribution in [0.25, 0.3) is 0 Å². The number of esters is 2. The molecule has 2 aromatic carbocycles. The van der Waals surface area contributed by atoms with Crippen molar-refractivity contribution in [3.63, 3.8) is 0 Å². The molecule has 0 spiro atoms. The van der Waals surface area contributed by atoms with Crippen molar-refractivity contribution in [1.82, 2.24) is 0 Å². The second kappa shape index (κ2) is 10.3. The highest BCUT2D eigenvalue weighted by atomic mass is 16.6. The van der Waals surface area contributed by atoms with Gasteiger partial charge in [-0.15, -0.1) is 0 Å². The average Bonchev–Trinajstić information content (AvgIpc) is 2.75. The van der Waals surface area contributed by atoms with Crippen LogP contribution in [0.15, 0.2) is 48.5 Å². The monoisotopic (exact) mass is 444 g/mol. The number of hydrogen-bond donors (Lipinski definition) is 2. The van der Waals surface area contributed by atoms with E-state index in [4.69, 9.17) is 9.47 Å². The Morgan fingerprint density at radius 1 is 0.625 bits per heavy atom. The summed E-state index contributed by atoms with van der Waals surface area (Å²) in [5, 5.41) is 18.9. The summed E-state index contributed by atoms with van der Waals surface area (Å²) in [4.78, 5) is 51.7. The van der Waals surface area contributed by atoms with Gasteiger partial charge in [-0.05, 0) is 48.5 Å². The van der Waals surface area contributed by atoms with Crippen molar-refractivity contribution in [2.24, 2.45) is 0 Å². The smallest absolute Gasteiger partial charge is 0.349 e. The minimum atomic E-state index is -2.25. The molecule has 0 aliphatic rings. The van der Waals surface area contributed by atoms with Crippen LogP contribution in [-0.2, 0) is 19.1 Å². The molecule has 2 rings (SSSR count). The Morgan fingerprint density at radius 2 is 0.906 bits per heavy atom. The lowest BCUT2D eigenvalue weighted by molar-refractivity contribution is -0.166. The van der Waals surface area contributed by atoms with Gasteiger partial charge in [0.2, 0.25) is 12.2 Å². The molecule has 0 saturated carbocycles. The normalized spacial score (nSPS) is 12.2. The molecule has 2 atom stereocenters. The number of ether oxygens (including phenoxy) is 2. The molecule has 32 heavy (non-hydrogen) atoms. The molecular formula is C22H24N2O8. The predicted octanol–water partition coefficient (Wildman–Crippen LogP) is 1.74. The zero-order valence-electron chi connectivity index (χ0n) is 18.0. The number of rotatable bonds is 9. The molecule has 0 bridgehead atoms. The standard InChI is InChI=1S/C22H24N2O8/c1-23(2)15-9-5-13(6-10-15)21(29)31-17(19(25)26)18(20(27)28)32-22(30)14-7-11-16(12-8-14)24(3)4/h5-12,17-18H,1-4H3,(H,25,26)(H,27,28)/t17-,18-/m1/s1. The van der Waals surface area contributed by atoms with E-state index in [2.05, 4.69) is 0 Å². The Morgan fingerprint density at radius 3 is 1.12 bits per heavy atom. The molecule has 0 aliphatic heterocycles. The fraction of sp³-hybridized carbons (Fsp3) is 0.273. The highest BCUT2D eigenvalue weighted by Crippen LogP contribution is 2.17. The van der Waals surface area contributed by atoms with Crippen LogP contribution in [0.1, 0.15) is 20.7 Å². The lowest BCUT2D eigenvalue weighted by atomic mass is 10.1. The lowest BCUT2D eigenvalue weighted by Gasteiger charge is -2.21. The van der Waals surface area contributed by atoms with Crippen molar-refractivity contribution in [1.29, 1.82) is 0 Å². The number of carboxylic acid groups (broad SMARTS) is 2. The number of nitrogens with zero attached hydrogens (tertiary/aromatic N) is 2. The quantitative estimate of drug-likeness (QED) is 0.551. The van der Waals surface area contributed by atoms with Crippen molar-refractivity contribution >= 4 is 35.3 Å². The molecule has 0 aromatic heterocycles. The van der Waals surface area contributed by atoms with E-state index >= 15 is 0 Å². The van der Waals surface area contributed by atoms with Gasteiger partial charge in [0.05, 0.1) is 11.1 Å². The molecule has 0 heterocycles. The van der Waals surface area contributed by atoms with Crippen LogP contribution in [0.5, 0.6) is 0 Å². The first-order valence-corrected chi connectivity index (χ1v) is 9.43. The first-order valence-electron chi connectivity index (χ1n) is 9.43. The number of aliphatic carboxylic acids is 2. The number of anilines is 2. The Balaban J connectivity index is 2.20. The number of hydrogen-bond acceptors (Lipinski definition) is 8. The third-order valence-electron chi connectivity index (χ3n) is 4.47. The Kier molecular flexibility index (Phi) is 7.78. The Labute approximate surface area is 184 Å². The lowest BCUT2D eigenvalue weighted by Crippen LogP contribution is -2.45. The van der Waals surface area contributed by atoms with Gasteiger partial charge < -0.3 is 29.5 Å². The van der Waals surface area contributed by atoms with E-state index < -0.39 is 36.1 Å². The van der Waals surface area contributed by atoms with E-state index in [-0.39, 0.29) is 11.1 Å². The fourth-order valence-corrected chi connectivity index (χ4v) is 2.64. The van der Waals surface area contributed by atoms with E-state index in [9.17, 15) is 29.4 Å².